The molecule has 3 rings (SSSR count). The van der Waals surface area contributed by atoms with Gasteiger partial charge in [-0.3, -0.25) is 24.6 Å². The van der Waals surface area contributed by atoms with Crippen LogP contribution in [0.1, 0.15) is 5.56 Å². The normalized spacial score (nSPS) is 13.0. The number of nitrogens with one attached hydrogen (secondary N) is 1. The molecule has 0 unspecified atom stereocenters. The molecule has 0 fully saturated rings. The van der Waals surface area contributed by atoms with Crippen molar-refractivity contribution >= 4 is 40.5 Å². The van der Waals surface area contributed by atoms with E-state index in [0.717, 1.165) is 10.5 Å². The summed E-state index contributed by atoms with van der Waals surface area (Å²) < 4.78 is 5.27. The Morgan fingerprint density at radius 2 is 2.12 bits per heavy atom. The van der Waals surface area contributed by atoms with Gasteiger partial charge in [-0.25, -0.2) is 0 Å². The number of carbonyl (C=O) groups is 2. The van der Waals surface area contributed by atoms with E-state index in [4.69, 9.17) is 16.3 Å². The molecule has 0 aromatic heterocycles. The largest absolute Gasteiger partial charge is 0.482 e. The monoisotopic (exact) mass is 375 g/mol. The molecule has 0 spiro atoms. The number of amides is 2. The number of rotatable bonds is 4. The number of halogens is 1. The summed E-state index contributed by atoms with van der Waals surface area (Å²) in [6.45, 7) is 1.30. The number of aryl methyl sites for hydroxylation is 1. The standard InChI is InChI=1S/C17H14ClN3O5/c1-10-2-4-13(12(18)6-10)19-16(22)8-20-14-7-11(21(24)25)3-5-15(14)26-9-17(20)23/h2-7H,8-9H2,1H3,(H,19,22). The summed E-state index contributed by atoms with van der Waals surface area (Å²) in [7, 11) is 0. The molecular weight excluding hydrogens is 362 g/mol. The summed E-state index contributed by atoms with van der Waals surface area (Å²) in [6, 6.07) is 9.05. The van der Waals surface area contributed by atoms with E-state index in [1.165, 1.54) is 18.2 Å². The lowest BCUT2D eigenvalue weighted by Crippen LogP contribution is -2.43. The van der Waals surface area contributed by atoms with E-state index in [2.05, 4.69) is 5.32 Å². The minimum absolute atomic E-state index is 0.181. The van der Waals surface area contributed by atoms with Gasteiger partial charge >= 0.3 is 0 Å². The van der Waals surface area contributed by atoms with Gasteiger partial charge in [0, 0.05) is 12.1 Å². The number of hydrogen-bond acceptors (Lipinski definition) is 5. The Bertz CT molecular complexity index is 915. The molecule has 134 valence electrons. The van der Waals surface area contributed by atoms with E-state index in [1.54, 1.807) is 18.2 Å². The van der Waals surface area contributed by atoms with E-state index in [1.807, 2.05) is 6.92 Å². The molecule has 1 aliphatic heterocycles. The van der Waals surface area contributed by atoms with Crippen molar-refractivity contribution in [3.05, 3.63) is 57.1 Å². The molecule has 2 amide bonds. The van der Waals surface area contributed by atoms with Crippen molar-refractivity contribution in [2.24, 2.45) is 0 Å². The van der Waals surface area contributed by atoms with Crippen LogP contribution in [0.4, 0.5) is 17.1 Å². The highest BCUT2D eigenvalue weighted by molar-refractivity contribution is 6.33. The third-order valence-electron chi connectivity index (χ3n) is 3.80. The van der Waals surface area contributed by atoms with Gasteiger partial charge in [-0.1, -0.05) is 17.7 Å². The first-order valence-corrected chi connectivity index (χ1v) is 8.00. The van der Waals surface area contributed by atoms with Crippen molar-refractivity contribution in [2.45, 2.75) is 6.92 Å². The summed E-state index contributed by atoms with van der Waals surface area (Å²) >= 11 is 6.09. The Morgan fingerprint density at radius 3 is 2.81 bits per heavy atom. The molecule has 0 saturated heterocycles. The third kappa shape index (κ3) is 3.60. The number of benzene rings is 2. The maximum Gasteiger partial charge on any atom is 0.271 e. The summed E-state index contributed by atoms with van der Waals surface area (Å²) in [6.07, 6.45) is 0. The number of carbonyl (C=O) groups excluding carboxylic acids is 2. The van der Waals surface area contributed by atoms with Crippen LogP contribution in [0.15, 0.2) is 36.4 Å². The van der Waals surface area contributed by atoms with Crippen molar-refractivity contribution in [1.82, 2.24) is 0 Å². The van der Waals surface area contributed by atoms with Gasteiger partial charge < -0.3 is 10.1 Å². The molecule has 0 atom stereocenters. The minimum Gasteiger partial charge on any atom is -0.482 e. The SMILES string of the molecule is Cc1ccc(NC(=O)CN2C(=O)COc3ccc([N+](=O)[O-])cc32)c(Cl)c1. The lowest BCUT2D eigenvalue weighted by atomic mass is 10.2. The molecule has 1 heterocycles. The second-order valence-electron chi connectivity index (χ2n) is 5.71. The summed E-state index contributed by atoms with van der Waals surface area (Å²) in [5, 5.41) is 14.0. The lowest BCUT2D eigenvalue weighted by Gasteiger charge is -2.28. The minimum atomic E-state index is -0.580. The van der Waals surface area contributed by atoms with Gasteiger partial charge in [0.25, 0.3) is 11.6 Å². The highest BCUT2D eigenvalue weighted by atomic mass is 35.5. The average molecular weight is 376 g/mol. The van der Waals surface area contributed by atoms with Gasteiger partial charge in [0.05, 0.1) is 21.3 Å². The van der Waals surface area contributed by atoms with Crippen molar-refractivity contribution in [1.29, 1.82) is 0 Å². The molecule has 9 heteroatoms. The number of ether oxygens (including phenoxy) is 1. The Kier molecular flexibility index (Phi) is 4.77. The van der Waals surface area contributed by atoms with Gasteiger partial charge in [-0.15, -0.1) is 0 Å². The lowest BCUT2D eigenvalue weighted by molar-refractivity contribution is -0.384. The number of anilines is 2. The van der Waals surface area contributed by atoms with Gasteiger partial charge in [0.2, 0.25) is 5.91 Å². The van der Waals surface area contributed by atoms with Gasteiger partial charge in [-0.05, 0) is 30.7 Å². The van der Waals surface area contributed by atoms with Crippen LogP contribution >= 0.6 is 11.6 Å². The molecule has 0 bridgehead atoms. The predicted octanol–water partition coefficient (Wildman–Crippen LogP) is 2.92. The Hall–Kier alpha value is -3.13. The maximum atomic E-state index is 12.4. The third-order valence-corrected chi connectivity index (χ3v) is 4.11. The van der Waals surface area contributed by atoms with Gasteiger partial charge in [0.15, 0.2) is 6.61 Å². The summed E-state index contributed by atoms with van der Waals surface area (Å²) in [5.41, 5.74) is 1.34. The zero-order valence-corrected chi connectivity index (χ0v) is 14.4. The number of nitro benzene ring substituents is 1. The Labute approximate surface area is 153 Å². The number of non-ortho nitro benzene ring substituents is 1. The molecule has 26 heavy (non-hydrogen) atoms. The summed E-state index contributed by atoms with van der Waals surface area (Å²) in [5.74, 6) is -0.650. The van der Waals surface area contributed by atoms with Crippen LogP contribution in [0.5, 0.6) is 5.75 Å². The molecular formula is C17H14ClN3O5. The van der Waals surface area contributed by atoms with Crippen LogP contribution in [-0.2, 0) is 9.59 Å². The molecule has 2 aromatic rings. The van der Waals surface area contributed by atoms with Crippen LogP contribution in [0.2, 0.25) is 5.02 Å². The number of fused-ring (bicyclic) bond motifs is 1. The Morgan fingerprint density at radius 1 is 1.35 bits per heavy atom. The molecule has 2 aromatic carbocycles. The van der Waals surface area contributed by atoms with E-state index >= 15 is 0 Å². The first kappa shape index (κ1) is 17.7. The fourth-order valence-electron chi connectivity index (χ4n) is 2.53. The number of nitrogens with zero attached hydrogens (tertiary/aromatic N) is 2. The highest BCUT2D eigenvalue weighted by Crippen LogP contribution is 2.35. The van der Waals surface area contributed by atoms with E-state index in [-0.39, 0.29) is 24.5 Å². The maximum absolute atomic E-state index is 12.4. The number of hydrogen-bond donors (Lipinski definition) is 1. The van der Waals surface area contributed by atoms with Gasteiger partial charge in [-0.2, -0.15) is 0 Å². The van der Waals surface area contributed by atoms with Crippen molar-refractivity contribution in [2.75, 3.05) is 23.4 Å². The van der Waals surface area contributed by atoms with Crippen LogP contribution < -0.4 is 15.0 Å². The zero-order chi connectivity index (χ0) is 18.8. The van der Waals surface area contributed by atoms with E-state index in [9.17, 15) is 19.7 Å². The number of nitro groups is 1. The van der Waals surface area contributed by atoms with Crippen molar-refractivity contribution in [3.63, 3.8) is 0 Å². The topological polar surface area (TPSA) is 102 Å². The van der Waals surface area contributed by atoms with Crippen LogP contribution in [0.25, 0.3) is 0 Å². The second-order valence-corrected chi connectivity index (χ2v) is 6.12. The van der Waals surface area contributed by atoms with Crippen LogP contribution in [0.3, 0.4) is 0 Å². The second kappa shape index (κ2) is 7.01. The van der Waals surface area contributed by atoms with E-state index in [0.29, 0.717) is 16.5 Å². The summed E-state index contributed by atoms with van der Waals surface area (Å²) in [4.78, 5) is 36.1. The van der Waals surface area contributed by atoms with E-state index < -0.39 is 16.7 Å². The molecule has 8 nitrogen and oxygen atoms in total. The molecule has 0 radical (unpaired) electrons. The zero-order valence-electron chi connectivity index (χ0n) is 13.7. The average Bonchev–Trinajstić information content (AvgIpc) is 2.59. The van der Waals surface area contributed by atoms with Crippen molar-refractivity contribution < 1.29 is 19.2 Å². The first-order valence-electron chi connectivity index (χ1n) is 7.63. The Balaban J connectivity index is 1.83. The quantitative estimate of drug-likeness (QED) is 0.654. The molecule has 1 aliphatic rings. The molecule has 0 aliphatic carbocycles. The van der Waals surface area contributed by atoms with Gasteiger partial charge in [0.1, 0.15) is 12.3 Å². The first-order chi connectivity index (χ1) is 12.3. The molecule has 0 saturated carbocycles. The fourth-order valence-corrected chi connectivity index (χ4v) is 2.81. The van der Waals surface area contributed by atoms with Crippen LogP contribution in [-0.4, -0.2) is 29.9 Å². The predicted molar refractivity (Wildman–Crippen MR) is 95.8 cm³/mol. The van der Waals surface area contributed by atoms with Crippen molar-refractivity contribution in [3.8, 4) is 5.75 Å². The highest BCUT2D eigenvalue weighted by Gasteiger charge is 2.29. The smallest absolute Gasteiger partial charge is 0.271 e. The molecule has 1 N–H and O–H groups in total. The fraction of sp³-hybridized carbons (Fsp3) is 0.176. The van der Waals surface area contributed by atoms with Crippen LogP contribution in [0, 0.1) is 17.0 Å².